The van der Waals surface area contributed by atoms with Crippen LogP contribution in [0.5, 0.6) is 11.5 Å². The SMILES string of the molecule is COc1ccc(-c2nc3ccccc3n2-c2ccc(Cl)cc2)c(OC)c1. The average Bonchev–Trinajstić information content (AvgIpc) is 3.07. The van der Waals surface area contributed by atoms with Gasteiger partial charge in [-0.2, -0.15) is 0 Å². The minimum absolute atomic E-state index is 0.696. The van der Waals surface area contributed by atoms with E-state index < -0.39 is 0 Å². The van der Waals surface area contributed by atoms with E-state index in [1.165, 1.54) is 0 Å². The Morgan fingerprint density at radius 1 is 0.885 bits per heavy atom. The minimum atomic E-state index is 0.696. The Bertz CT molecular complexity index is 1070. The van der Waals surface area contributed by atoms with Crippen molar-refractivity contribution in [3.63, 3.8) is 0 Å². The predicted octanol–water partition coefficient (Wildman–Crippen LogP) is 5.36. The number of imidazole rings is 1. The Kier molecular flexibility index (Phi) is 4.27. The van der Waals surface area contributed by atoms with Crippen LogP contribution in [0, 0.1) is 0 Å². The number of hydrogen-bond donors (Lipinski definition) is 0. The van der Waals surface area contributed by atoms with Crippen molar-refractivity contribution in [2.75, 3.05) is 14.2 Å². The van der Waals surface area contributed by atoms with Crippen LogP contribution < -0.4 is 9.47 Å². The zero-order valence-corrected chi connectivity index (χ0v) is 15.2. The van der Waals surface area contributed by atoms with E-state index in [9.17, 15) is 0 Å². The van der Waals surface area contributed by atoms with Gasteiger partial charge in [0, 0.05) is 16.8 Å². The second kappa shape index (κ2) is 6.73. The highest BCUT2D eigenvalue weighted by Crippen LogP contribution is 2.36. The van der Waals surface area contributed by atoms with E-state index in [1.807, 2.05) is 60.7 Å². The summed E-state index contributed by atoms with van der Waals surface area (Å²) in [6, 6.07) is 21.5. The lowest BCUT2D eigenvalue weighted by Gasteiger charge is -2.13. The fourth-order valence-electron chi connectivity index (χ4n) is 3.04. The number of halogens is 1. The van der Waals surface area contributed by atoms with Crippen molar-refractivity contribution in [1.82, 2.24) is 9.55 Å². The van der Waals surface area contributed by atoms with Crippen molar-refractivity contribution in [3.8, 4) is 28.6 Å². The highest BCUT2D eigenvalue weighted by atomic mass is 35.5. The molecule has 0 N–H and O–H groups in total. The summed E-state index contributed by atoms with van der Waals surface area (Å²) in [7, 11) is 3.28. The van der Waals surface area contributed by atoms with E-state index >= 15 is 0 Å². The summed E-state index contributed by atoms with van der Waals surface area (Å²) < 4.78 is 13.0. The maximum Gasteiger partial charge on any atom is 0.149 e. The van der Waals surface area contributed by atoms with Gasteiger partial charge in [-0.3, -0.25) is 4.57 Å². The number of nitrogens with zero attached hydrogens (tertiary/aromatic N) is 2. The molecule has 1 aromatic heterocycles. The van der Waals surface area contributed by atoms with Gasteiger partial charge in [0.25, 0.3) is 0 Å². The summed E-state index contributed by atoms with van der Waals surface area (Å²) in [5.41, 5.74) is 3.80. The molecule has 0 radical (unpaired) electrons. The first-order chi connectivity index (χ1) is 12.7. The largest absolute Gasteiger partial charge is 0.497 e. The third-order valence-corrected chi connectivity index (χ3v) is 4.55. The molecule has 0 atom stereocenters. The molecule has 4 nitrogen and oxygen atoms in total. The van der Waals surface area contributed by atoms with Gasteiger partial charge in [0.2, 0.25) is 0 Å². The van der Waals surface area contributed by atoms with Gasteiger partial charge in [0.1, 0.15) is 17.3 Å². The number of fused-ring (bicyclic) bond motifs is 1. The van der Waals surface area contributed by atoms with Crippen LogP contribution in [0.1, 0.15) is 0 Å². The molecular formula is C21H17ClN2O2. The molecule has 0 spiro atoms. The van der Waals surface area contributed by atoms with Crippen molar-refractivity contribution >= 4 is 22.6 Å². The molecule has 0 saturated heterocycles. The fraction of sp³-hybridized carbons (Fsp3) is 0.0952. The number of rotatable bonds is 4. The van der Waals surface area contributed by atoms with Crippen molar-refractivity contribution in [1.29, 1.82) is 0 Å². The molecule has 0 aliphatic carbocycles. The lowest BCUT2D eigenvalue weighted by atomic mass is 10.1. The first-order valence-corrected chi connectivity index (χ1v) is 8.55. The zero-order valence-electron chi connectivity index (χ0n) is 14.4. The molecule has 0 unspecified atom stereocenters. The van der Waals surface area contributed by atoms with Gasteiger partial charge < -0.3 is 9.47 Å². The average molecular weight is 365 g/mol. The highest BCUT2D eigenvalue weighted by Gasteiger charge is 2.18. The fourth-order valence-corrected chi connectivity index (χ4v) is 3.17. The number of benzene rings is 3. The van der Waals surface area contributed by atoms with Crippen LogP contribution in [-0.2, 0) is 0 Å². The number of hydrogen-bond acceptors (Lipinski definition) is 3. The van der Waals surface area contributed by atoms with Gasteiger partial charge in [-0.15, -0.1) is 0 Å². The Hall–Kier alpha value is -2.98. The van der Waals surface area contributed by atoms with Crippen molar-refractivity contribution in [3.05, 3.63) is 71.8 Å². The van der Waals surface area contributed by atoms with Gasteiger partial charge >= 0.3 is 0 Å². The standard InChI is InChI=1S/C21H17ClN2O2/c1-25-16-11-12-17(20(13-16)26-2)21-23-18-5-3-4-6-19(18)24(21)15-9-7-14(22)8-10-15/h3-13H,1-2H3. The molecule has 0 aliphatic heterocycles. The molecular weight excluding hydrogens is 348 g/mol. The third kappa shape index (κ3) is 2.78. The van der Waals surface area contributed by atoms with Crippen LogP contribution in [-0.4, -0.2) is 23.8 Å². The summed E-state index contributed by atoms with van der Waals surface area (Å²) in [5, 5.41) is 0.696. The highest BCUT2D eigenvalue weighted by molar-refractivity contribution is 6.30. The van der Waals surface area contributed by atoms with Gasteiger partial charge in [0.05, 0.1) is 30.8 Å². The van der Waals surface area contributed by atoms with Gasteiger partial charge in [-0.05, 0) is 48.5 Å². The molecule has 4 rings (SSSR count). The van der Waals surface area contributed by atoms with Crippen LogP contribution >= 0.6 is 11.6 Å². The molecule has 130 valence electrons. The summed E-state index contributed by atoms with van der Waals surface area (Å²) in [6.07, 6.45) is 0. The van der Waals surface area contributed by atoms with Gasteiger partial charge in [-0.1, -0.05) is 23.7 Å². The van der Waals surface area contributed by atoms with E-state index in [-0.39, 0.29) is 0 Å². The van der Waals surface area contributed by atoms with E-state index in [0.29, 0.717) is 10.8 Å². The normalized spacial score (nSPS) is 10.9. The summed E-state index contributed by atoms with van der Waals surface area (Å²) in [5.74, 6) is 2.24. The van der Waals surface area contributed by atoms with E-state index in [0.717, 1.165) is 33.9 Å². The molecule has 0 bridgehead atoms. The predicted molar refractivity (Wildman–Crippen MR) is 105 cm³/mol. The van der Waals surface area contributed by atoms with Crippen LogP contribution in [0.25, 0.3) is 28.1 Å². The molecule has 0 aliphatic rings. The van der Waals surface area contributed by atoms with Gasteiger partial charge in [0.15, 0.2) is 0 Å². The molecule has 5 heteroatoms. The molecule has 1 heterocycles. The Morgan fingerprint density at radius 2 is 1.65 bits per heavy atom. The molecule has 0 fully saturated rings. The number of ether oxygens (including phenoxy) is 2. The van der Waals surface area contributed by atoms with Crippen molar-refractivity contribution in [2.45, 2.75) is 0 Å². The molecule has 0 saturated carbocycles. The Labute approximate surface area is 156 Å². The molecule has 0 amide bonds. The Morgan fingerprint density at radius 3 is 2.38 bits per heavy atom. The van der Waals surface area contributed by atoms with Crippen molar-refractivity contribution in [2.24, 2.45) is 0 Å². The first-order valence-electron chi connectivity index (χ1n) is 8.17. The second-order valence-corrected chi connectivity index (χ2v) is 6.24. The molecule has 4 aromatic rings. The number of para-hydroxylation sites is 2. The van der Waals surface area contributed by atoms with Crippen LogP contribution in [0.4, 0.5) is 0 Å². The van der Waals surface area contributed by atoms with E-state index in [1.54, 1.807) is 14.2 Å². The maximum absolute atomic E-state index is 6.07. The molecule has 26 heavy (non-hydrogen) atoms. The van der Waals surface area contributed by atoms with Crippen LogP contribution in [0.15, 0.2) is 66.7 Å². The van der Waals surface area contributed by atoms with Gasteiger partial charge in [-0.25, -0.2) is 4.98 Å². The van der Waals surface area contributed by atoms with E-state index in [4.69, 9.17) is 26.1 Å². The smallest absolute Gasteiger partial charge is 0.149 e. The minimum Gasteiger partial charge on any atom is -0.497 e. The maximum atomic E-state index is 6.07. The number of aromatic nitrogens is 2. The third-order valence-electron chi connectivity index (χ3n) is 4.30. The first kappa shape index (κ1) is 16.5. The van der Waals surface area contributed by atoms with E-state index in [2.05, 4.69) is 10.6 Å². The summed E-state index contributed by atoms with van der Waals surface area (Å²) in [4.78, 5) is 4.85. The monoisotopic (exact) mass is 364 g/mol. The Balaban J connectivity index is 2.01. The zero-order chi connectivity index (χ0) is 18.1. The van der Waals surface area contributed by atoms with Crippen molar-refractivity contribution < 1.29 is 9.47 Å². The molecule has 3 aromatic carbocycles. The summed E-state index contributed by atoms with van der Waals surface area (Å²) in [6.45, 7) is 0. The number of methoxy groups -OCH3 is 2. The van der Waals surface area contributed by atoms with Crippen LogP contribution in [0.3, 0.4) is 0 Å². The topological polar surface area (TPSA) is 36.3 Å². The second-order valence-electron chi connectivity index (χ2n) is 5.80. The quantitative estimate of drug-likeness (QED) is 0.489. The summed E-state index contributed by atoms with van der Waals surface area (Å²) >= 11 is 6.07. The lowest BCUT2D eigenvalue weighted by molar-refractivity contribution is 0.395. The van der Waals surface area contributed by atoms with Crippen LogP contribution in [0.2, 0.25) is 5.02 Å². The lowest BCUT2D eigenvalue weighted by Crippen LogP contribution is -1.99.